The van der Waals surface area contributed by atoms with Gasteiger partial charge >= 0.3 is 0 Å². The number of rotatable bonds is 4. The van der Waals surface area contributed by atoms with Crippen molar-refractivity contribution in [3.63, 3.8) is 0 Å². The molecule has 1 amide bonds. The van der Waals surface area contributed by atoms with Crippen LogP contribution in [-0.4, -0.2) is 12.7 Å². The van der Waals surface area contributed by atoms with Crippen LogP contribution in [0.2, 0.25) is 0 Å². The van der Waals surface area contributed by atoms with E-state index in [1.165, 1.54) is 0 Å². The van der Waals surface area contributed by atoms with Gasteiger partial charge in [-0.05, 0) is 74.2 Å². The van der Waals surface area contributed by atoms with Crippen LogP contribution in [0.15, 0.2) is 52.9 Å². The minimum atomic E-state index is -0.493. The van der Waals surface area contributed by atoms with Gasteiger partial charge in [-0.2, -0.15) is 0 Å². The first-order chi connectivity index (χ1) is 13.5. The van der Waals surface area contributed by atoms with E-state index in [9.17, 15) is 4.79 Å². The van der Waals surface area contributed by atoms with Crippen molar-refractivity contribution in [1.82, 2.24) is 0 Å². The maximum Gasteiger partial charge on any atom is 0.235 e. The number of hydrogen-bond donors (Lipinski definition) is 1. The summed E-state index contributed by atoms with van der Waals surface area (Å²) in [5.74, 6) is 3.13. The third-order valence-electron chi connectivity index (χ3n) is 5.61. The fraction of sp³-hybridized carbons (Fsp3) is 0.261. The van der Waals surface area contributed by atoms with Crippen molar-refractivity contribution in [1.29, 1.82) is 0 Å². The van der Waals surface area contributed by atoms with E-state index in [0.29, 0.717) is 5.75 Å². The Bertz CT molecular complexity index is 1080. The number of carbonyl (C=O) groups excluding carboxylic acids is 1. The summed E-state index contributed by atoms with van der Waals surface area (Å²) >= 11 is 0. The van der Waals surface area contributed by atoms with E-state index in [4.69, 9.17) is 13.9 Å². The minimum Gasteiger partial charge on any atom is -0.461 e. The number of nitrogens with one attached hydrogen (secondary N) is 1. The molecule has 0 unspecified atom stereocenters. The first-order valence-corrected chi connectivity index (χ1v) is 9.44. The third kappa shape index (κ3) is 2.74. The Morgan fingerprint density at radius 1 is 0.964 bits per heavy atom. The van der Waals surface area contributed by atoms with Gasteiger partial charge in [-0.3, -0.25) is 4.79 Å². The number of ether oxygens (including phenoxy) is 2. The van der Waals surface area contributed by atoms with Gasteiger partial charge in [0, 0.05) is 11.3 Å². The Morgan fingerprint density at radius 3 is 2.54 bits per heavy atom. The van der Waals surface area contributed by atoms with Gasteiger partial charge in [0.1, 0.15) is 11.5 Å². The van der Waals surface area contributed by atoms with Gasteiger partial charge < -0.3 is 19.2 Å². The summed E-state index contributed by atoms with van der Waals surface area (Å²) in [6, 6.07) is 15.6. The molecule has 28 heavy (non-hydrogen) atoms. The summed E-state index contributed by atoms with van der Waals surface area (Å²) in [7, 11) is 0. The molecule has 5 rings (SSSR count). The van der Waals surface area contributed by atoms with E-state index in [1.807, 2.05) is 62.4 Å². The van der Waals surface area contributed by atoms with Crippen LogP contribution in [0.1, 0.15) is 29.7 Å². The zero-order chi connectivity index (χ0) is 19.3. The van der Waals surface area contributed by atoms with Crippen molar-refractivity contribution in [2.24, 2.45) is 0 Å². The second kappa shape index (κ2) is 6.16. The molecular formula is C23H21NO4. The molecule has 5 nitrogen and oxygen atoms in total. The average molecular weight is 375 g/mol. The average Bonchev–Trinajstić information content (AvgIpc) is 3.18. The number of fused-ring (bicyclic) bond motifs is 1. The van der Waals surface area contributed by atoms with Crippen molar-refractivity contribution in [3.05, 3.63) is 65.4 Å². The fourth-order valence-electron chi connectivity index (χ4n) is 3.76. The summed E-state index contributed by atoms with van der Waals surface area (Å²) in [4.78, 5) is 13.1. The first-order valence-electron chi connectivity index (χ1n) is 9.44. The molecule has 142 valence electrons. The van der Waals surface area contributed by atoms with E-state index < -0.39 is 5.41 Å². The third-order valence-corrected chi connectivity index (χ3v) is 5.61. The lowest BCUT2D eigenvalue weighted by molar-refractivity contribution is -0.118. The van der Waals surface area contributed by atoms with Crippen molar-refractivity contribution in [2.75, 3.05) is 12.1 Å². The van der Waals surface area contributed by atoms with Gasteiger partial charge in [0.15, 0.2) is 11.5 Å². The smallest absolute Gasteiger partial charge is 0.235 e. The number of hydrogen-bond acceptors (Lipinski definition) is 4. The monoisotopic (exact) mass is 375 g/mol. The van der Waals surface area contributed by atoms with Gasteiger partial charge in [-0.25, -0.2) is 0 Å². The van der Waals surface area contributed by atoms with Crippen LogP contribution in [-0.2, 0) is 10.2 Å². The molecular weight excluding hydrogens is 354 g/mol. The highest BCUT2D eigenvalue weighted by molar-refractivity contribution is 6.01. The molecule has 0 atom stereocenters. The molecule has 1 aliphatic heterocycles. The Labute approximate surface area is 163 Å². The summed E-state index contributed by atoms with van der Waals surface area (Å²) in [6.45, 7) is 4.19. The van der Waals surface area contributed by atoms with Gasteiger partial charge in [0.25, 0.3) is 0 Å². The molecule has 0 radical (unpaired) electrons. The van der Waals surface area contributed by atoms with Gasteiger partial charge in [0.05, 0.1) is 5.41 Å². The van der Waals surface area contributed by atoms with E-state index >= 15 is 0 Å². The number of benzene rings is 2. The molecule has 5 heteroatoms. The SMILES string of the molecule is Cc1ccc(-c2cc(NC(=O)C3(c4ccc5c(c4)OCO5)CC3)ccc2C)o1. The molecule has 2 aromatic carbocycles. The van der Waals surface area contributed by atoms with Crippen LogP contribution < -0.4 is 14.8 Å². The molecule has 1 aromatic heterocycles. The molecule has 1 fully saturated rings. The highest BCUT2D eigenvalue weighted by Crippen LogP contribution is 2.51. The molecule has 1 N–H and O–H groups in total. The molecule has 0 bridgehead atoms. The van der Waals surface area contributed by atoms with Crippen LogP contribution in [0.3, 0.4) is 0 Å². The Hall–Kier alpha value is -3.21. The number of anilines is 1. The number of carbonyl (C=O) groups is 1. The Morgan fingerprint density at radius 2 is 1.79 bits per heavy atom. The Kier molecular flexibility index (Phi) is 3.72. The Balaban J connectivity index is 1.41. The lowest BCUT2D eigenvalue weighted by Gasteiger charge is -2.17. The highest BCUT2D eigenvalue weighted by atomic mass is 16.7. The summed E-state index contributed by atoms with van der Waals surface area (Å²) in [5, 5.41) is 3.10. The summed E-state index contributed by atoms with van der Waals surface area (Å²) < 4.78 is 16.6. The number of amides is 1. The van der Waals surface area contributed by atoms with E-state index in [-0.39, 0.29) is 12.7 Å². The van der Waals surface area contributed by atoms with Crippen molar-refractivity contribution in [2.45, 2.75) is 32.1 Å². The van der Waals surface area contributed by atoms with Crippen LogP contribution in [0.4, 0.5) is 5.69 Å². The van der Waals surface area contributed by atoms with Crippen molar-refractivity contribution >= 4 is 11.6 Å². The first kappa shape index (κ1) is 16.9. The van der Waals surface area contributed by atoms with E-state index in [2.05, 4.69) is 5.32 Å². The molecule has 0 saturated heterocycles. The standard InChI is InChI=1S/C23H21NO4/c1-14-3-6-17(12-18(14)19-7-4-15(2)28-19)24-22(25)23(9-10-23)16-5-8-20-21(11-16)27-13-26-20/h3-8,11-12H,9-10,13H2,1-2H3,(H,24,25). The zero-order valence-electron chi connectivity index (χ0n) is 15.9. The molecule has 2 aliphatic rings. The topological polar surface area (TPSA) is 60.7 Å². The normalized spacial score (nSPS) is 16.1. The molecule has 3 aromatic rings. The summed E-state index contributed by atoms with van der Waals surface area (Å²) in [6.07, 6.45) is 1.66. The minimum absolute atomic E-state index is 0.0109. The number of aryl methyl sites for hydroxylation is 2. The van der Waals surface area contributed by atoms with Gasteiger partial charge in [0.2, 0.25) is 12.7 Å². The maximum absolute atomic E-state index is 13.1. The number of furan rings is 1. The van der Waals surface area contributed by atoms with E-state index in [1.54, 1.807) is 0 Å². The molecule has 1 saturated carbocycles. The fourth-order valence-corrected chi connectivity index (χ4v) is 3.76. The molecule has 0 spiro atoms. The van der Waals surface area contributed by atoms with Crippen LogP contribution in [0.5, 0.6) is 11.5 Å². The lowest BCUT2D eigenvalue weighted by atomic mass is 9.94. The van der Waals surface area contributed by atoms with E-state index in [0.717, 1.165) is 52.5 Å². The highest BCUT2D eigenvalue weighted by Gasteiger charge is 2.51. The quantitative estimate of drug-likeness (QED) is 0.700. The van der Waals surface area contributed by atoms with Crippen LogP contribution in [0.25, 0.3) is 11.3 Å². The second-order valence-corrected chi connectivity index (χ2v) is 7.54. The molecule has 1 aliphatic carbocycles. The van der Waals surface area contributed by atoms with Gasteiger partial charge in [-0.1, -0.05) is 12.1 Å². The lowest BCUT2D eigenvalue weighted by Crippen LogP contribution is -2.27. The van der Waals surface area contributed by atoms with Crippen molar-refractivity contribution in [3.8, 4) is 22.8 Å². The molecule has 2 heterocycles. The predicted molar refractivity (Wildman–Crippen MR) is 106 cm³/mol. The van der Waals surface area contributed by atoms with Crippen LogP contribution >= 0.6 is 0 Å². The maximum atomic E-state index is 13.1. The largest absolute Gasteiger partial charge is 0.461 e. The zero-order valence-corrected chi connectivity index (χ0v) is 15.9. The summed E-state index contributed by atoms with van der Waals surface area (Å²) in [5.41, 5.74) is 3.34. The van der Waals surface area contributed by atoms with Crippen molar-refractivity contribution < 1.29 is 18.7 Å². The van der Waals surface area contributed by atoms with Crippen LogP contribution in [0, 0.1) is 13.8 Å². The predicted octanol–water partition coefficient (Wildman–Crippen LogP) is 4.96. The van der Waals surface area contributed by atoms with Gasteiger partial charge in [-0.15, -0.1) is 0 Å². The second-order valence-electron chi connectivity index (χ2n) is 7.54.